The van der Waals surface area contributed by atoms with Crippen molar-refractivity contribution in [2.24, 2.45) is 4.99 Å². The first kappa shape index (κ1) is 26.5. The Labute approximate surface area is 229 Å². The van der Waals surface area contributed by atoms with Gasteiger partial charge in [-0.3, -0.25) is 20.7 Å². The van der Waals surface area contributed by atoms with Crippen molar-refractivity contribution in [1.82, 2.24) is 20.8 Å². The van der Waals surface area contributed by atoms with Gasteiger partial charge in [-0.15, -0.1) is 10.2 Å². The molecule has 0 atom stereocenters. The van der Waals surface area contributed by atoms with Crippen molar-refractivity contribution in [3.8, 4) is 16.3 Å². The lowest BCUT2D eigenvalue weighted by Gasteiger charge is -2.08. The highest BCUT2D eigenvalue weighted by Gasteiger charge is 2.17. The summed E-state index contributed by atoms with van der Waals surface area (Å²) in [6, 6.07) is 9.98. The first-order valence-electron chi connectivity index (χ1n) is 9.42. The number of phenolic OH excluding ortho intramolecular Hbond substituents is 1. The number of alkyl carbamates (subject to hydrolysis) is 2. The molecule has 1 aromatic heterocycles. The van der Waals surface area contributed by atoms with E-state index in [1.54, 1.807) is 36.4 Å². The minimum atomic E-state index is -0.826. The summed E-state index contributed by atoms with van der Waals surface area (Å²) in [5.41, 5.74) is 1.23. The molecule has 35 heavy (non-hydrogen) atoms. The number of aromatic nitrogens is 2. The average Bonchev–Trinajstić information content (AvgIpc) is 3.29. The number of ether oxygens (including phenoxy) is 2. The molecule has 2 aromatic carbocycles. The van der Waals surface area contributed by atoms with Crippen molar-refractivity contribution in [2.45, 2.75) is 0 Å². The summed E-state index contributed by atoms with van der Waals surface area (Å²) >= 11 is 5.16. The van der Waals surface area contributed by atoms with Gasteiger partial charge in [-0.1, -0.05) is 11.3 Å². The highest BCUT2D eigenvalue weighted by molar-refractivity contribution is 14.1. The van der Waals surface area contributed by atoms with Gasteiger partial charge in [-0.2, -0.15) is 0 Å². The van der Waals surface area contributed by atoms with E-state index in [1.165, 1.54) is 14.2 Å². The molecule has 1 heterocycles. The number of anilines is 1. The Morgan fingerprint density at radius 2 is 1.63 bits per heavy atom. The number of guanidine groups is 1. The number of aromatic hydroxyl groups is 1. The Hall–Kier alpha value is -3.06. The summed E-state index contributed by atoms with van der Waals surface area (Å²) in [6.45, 7) is 0. The Kier molecular flexibility index (Phi) is 9.15. The lowest BCUT2D eigenvalue weighted by molar-refractivity contribution is 0.102. The predicted octanol–water partition coefficient (Wildman–Crippen LogP) is 4.07. The maximum atomic E-state index is 12.6. The molecule has 15 heteroatoms. The van der Waals surface area contributed by atoms with Gasteiger partial charge in [-0.05, 0) is 81.6 Å². The second kappa shape index (κ2) is 12.1. The molecule has 3 amide bonds. The molecule has 3 aromatic rings. The summed E-state index contributed by atoms with van der Waals surface area (Å²) in [5.74, 6) is -0.798. The number of amides is 3. The molecular weight excluding hydrogens is 706 g/mol. The molecule has 0 saturated heterocycles. The van der Waals surface area contributed by atoms with Gasteiger partial charge in [0, 0.05) is 9.13 Å². The van der Waals surface area contributed by atoms with E-state index in [0.717, 1.165) is 14.9 Å². The summed E-state index contributed by atoms with van der Waals surface area (Å²) in [6.07, 6.45) is -1.65. The van der Waals surface area contributed by atoms with Gasteiger partial charge in [0.25, 0.3) is 5.91 Å². The molecule has 0 radical (unpaired) electrons. The molecule has 0 spiro atoms. The highest BCUT2D eigenvalue weighted by Crippen LogP contribution is 2.30. The number of carbonyl (C=O) groups is 3. The molecule has 0 aliphatic rings. The number of hydrogen-bond donors (Lipinski definition) is 4. The third kappa shape index (κ3) is 7.21. The Morgan fingerprint density at radius 3 is 2.23 bits per heavy atom. The van der Waals surface area contributed by atoms with Crippen LogP contribution in [0.1, 0.15) is 10.4 Å². The number of rotatable bonds is 4. The number of hydrogen-bond acceptors (Lipinski definition) is 10. The second-order valence-electron chi connectivity index (χ2n) is 6.39. The molecule has 0 unspecified atom stereocenters. The van der Waals surface area contributed by atoms with Crippen molar-refractivity contribution in [3.63, 3.8) is 0 Å². The van der Waals surface area contributed by atoms with Crippen LogP contribution >= 0.6 is 56.5 Å². The van der Waals surface area contributed by atoms with E-state index in [1.807, 2.05) is 22.6 Å². The van der Waals surface area contributed by atoms with Gasteiger partial charge in [0.15, 0.2) is 0 Å². The number of halogens is 2. The summed E-state index contributed by atoms with van der Waals surface area (Å²) in [4.78, 5) is 39.7. The standard InChI is InChI=1S/C20H16I2N6O6S/c1-33-19(31)25-17(26-20(32)34-2)23-11-5-3-9(4-6-11)16-27-28-18(35-16)24-15(30)12-7-10(21)8-13(22)14(12)29/h3-8,29H,1-2H3,(H,24,28,30)(H2,23,25,26,31,32). The molecule has 0 bridgehead atoms. The topological polar surface area (TPSA) is 164 Å². The third-order valence-corrected chi connectivity index (χ3v) is 6.42. The van der Waals surface area contributed by atoms with Crippen molar-refractivity contribution >= 4 is 91.4 Å². The molecule has 0 aliphatic carbocycles. The van der Waals surface area contributed by atoms with Crippen LogP contribution in [-0.4, -0.2) is 53.6 Å². The molecule has 182 valence electrons. The molecular formula is C20H16I2N6O6S. The Bertz CT molecular complexity index is 1280. The van der Waals surface area contributed by atoms with E-state index in [9.17, 15) is 19.5 Å². The van der Waals surface area contributed by atoms with E-state index >= 15 is 0 Å². The third-order valence-electron chi connectivity index (χ3n) is 4.09. The molecule has 12 nitrogen and oxygen atoms in total. The number of methoxy groups -OCH3 is 2. The number of phenols is 1. The Morgan fingerprint density at radius 1 is 1.00 bits per heavy atom. The van der Waals surface area contributed by atoms with Crippen molar-refractivity contribution in [3.05, 3.63) is 49.1 Å². The van der Waals surface area contributed by atoms with E-state index < -0.39 is 18.1 Å². The van der Waals surface area contributed by atoms with Gasteiger partial charge in [0.05, 0.1) is 29.0 Å². The smallest absolute Gasteiger partial charge is 0.413 e. The normalized spacial score (nSPS) is 10.2. The molecule has 3 rings (SSSR count). The van der Waals surface area contributed by atoms with Crippen LogP contribution in [0, 0.1) is 7.14 Å². The molecule has 0 fully saturated rings. The first-order chi connectivity index (χ1) is 16.7. The van der Waals surface area contributed by atoms with Gasteiger partial charge in [0.1, 0.15) is 10.8 Å². The Balaban J connectivity index is 1.75. The van der Waals surface area contributed by atoms with Crippen LogP contribution in [0.25, 0.3) is 10.6 Å². The summed E-state index contributed by atoms with van der Waals surface area (Å²) < 4.78 is 10.4. The SMILES string of the molecule is COC(=O)NC(=Nc1ccc(-c2nnc(NC(=O)c3cc(I)cc(I)c3O)s2)cc1)NC(=O)OC. The van der Waals surface area contributed by atoms with E-state index in [4.69, 9.17) is 0 Å². The number of carbonyl (C=O) groups excluding carboxylic acids is 3. The number of nitrogens with one attached hydrogen (secondary N) is 3. The van der Waals surface area contributed by atoms with E-state index in [0.29, 0.717) is 19.8 Å². The van der Waals surface area contributed by atoms with Gasteiger partial charge in [0.2, 0.25) is 11.1 Å². The lowest BCUT2D eigenvalue weighted by atomic mass is 10.2. The van der Waals surface area contributed by atoms with Crippen LogP contribution in [0.2, 0.25) is 0 Å². The predicted molar refractivity (Wildman–Crippen MR) is 145 cm³/mol. The second-order valence-corrected chi connectivity index (χ2v) is 9.78. The van der Waals surface area contributed by atoms with Crippen LogP contribution in [-0.2, 0) is 9.47 Å². The van der Waals surface area contributed by atoms with E-state index in [2.05, 4.69) is 63.2 Å². The fourth-order valence-corrected chi connectivity index (χ4v) is 5.07. The quantitative estimate of drug-likeness (QED) is 0.178. The number of aliphatic imine (C=N–C) groups is 1. The maximum Gasteiger partial charge on any atom is 0.413 e. The van der Waals surface area contributed by atoms with Gasteiger partial charge in [-0.25, -0.2) is 14.6 Å². The summed E-state index contributed by atoms with van der Waals surface area (Å²) in [5, 5.41) is 26.2. The fraction of sp³-hybridized carbons (Fsp3) is 0.100. The minimum absolute atomic E-state index is 0.104. The molecule has 4 N–H and O–H groups in total. The van der Waals surface area contributed by atoms with Crippen LogP contribution in [0.3, 0.4) is 0 Å². The molecule has 0 saturated carbocycles. The highest BCUT2D eigenvalue weighted by atomic mass is 127. The zero-order chi connectivity index (χ0) is 25.5. The number of nitrogens with zero attached hydrogens (tertiary/aromatic N) is 3. The van der Waals surface area contributed by atoms with Crippen LogP contribution < -0.4 is 16.0 Å². The van der Waals surface area contributed by atoms with E-state index in [-0.39, 0.29) is 22.4 Å². The van der Waals surface area contributed by atoms with Gasteiger partial charge < -0.3 is 14.6 Å². The van der Waals surface area contributed by atoms with Crippen LogP contribution in [0.5, 0.6) is 5.75 Å². The zero-order valence-corrected chi connectivity index (χ0v) is 23.1. The summed E-state index contributed by atoms with van der Waals surface area (Å²) in [7, 11) is 2.34. The fourth-order valence-electron chi connectivity index (χ4n) is 2.48. The largest absolute Gasteiger partial charge is 0.506 e. The molecule has 0 aliphatic heterocycles. The van der Waals surface area contributed by atoms with Crippen molar-refractivity contribution in [1.29, 1.82) is 0 Å². The van der Waals surface area contributed by atoms with Crippen molar-refractivity contribution in [2.75, 3.05) is 19.5 Å². The van der Waals surface area contributed by atoms with Gasteiger partial charge >= 0.3 is 12.2 Å². The first-order valence-corrected chi connectivity index (χ1v) is 12.4. The minimum Gasteiger partial charge on any atom is -0.506 e. The maximum absolute atomic E-state index is 12.6. The average molecular weight is 722 g/mol. The zero-order valence-electron chi connectivity index (χ0n) is 18.0. The van der Waals surface area contributed by atoms with Crippen molar-refractivity contribution < 1.29 is 29.0 Å². The van der Waals surface area contributed by atoms with Crippen LogP contribution in [0.4, 0.5) is 20.4 Å². The number of benzene rings is 2. The van der Waals surface area contributed by atoms with Crippen LogP contribution in [0.15, 0.2) is 41.4 Å². The lowest BCUT2D eigenvalue weighted by Crippen LogP contribution is -2.43. The monoisotopic (exact) mass is 722 g/mol.